The maximum Gasteiger partial charge on any atom is 0.221 e. The molecule has 0 saturated heterocycles. The van der Waals surface area contributed by atoms with E-state index < -0.39 is 0 Å². The molecular weight excluding hydrogens is 312 g/mol. The number of aryl methyl sites for hydroxylation is 1. The van der Waals surface area contributed by atoms with E-state index >= 15 is 0 Å². The van der Waals surface area contributed by atoms with Crippen LogP contribution in [0.5, 0.6) is 5.75 Å². The summed E-state index contributed by atoms with van der Waals surface area (Å²) >= 11 is 0. The number of carbonyl (C=O) groups is 1. The number of methoxy groups -OCH3 is 1. The summed E-state index contributed by atoms with van der Waals surface area (Å²) in [6.07, 6.45) is 3.28. The van der Waals surface area contributed by atoms with Crippen LogP contribution in [0.1, 0.15) is 21.7 Å². The van der Waals surface area contributed by atoms with Gasteiger partial charge in [-0.3, -0.25) is 4.79 Å². The fourth-order valence-corrected chi connectivity index (χ4v) is 2.25. The number of fused-ring (bicyclic) bond motifs is 1. The van der Waals surface area contributed by atoms with E-state index in [1.807, 2.05) is 49.4 Å². The zero-order valence-corrected chi connectivity index (χ0v) is 13.7. The number of benzene rings is 2. The third-order valence-corrected chi connectivity index (χ3v) is 3.46. The lowest BCUT2D eigenvalue weighted by molar-refractivity contribution is 0.102. The van der Waals surface area contributed by atoms with Gasteiger partial charge >= 0.3 is 0 Å². The van der Waals surface area contributed by atoms with Gasteiger partial charge in [0, 0.05) is 5.39 Å². The van der Waals surface area contributed by atoms with Gasteiger partial charge in [-0.15, -0.1) is 12.4 Å². The Kier molecular flexibility index (Phi) is 5.24. The first-order valence-corrected chi connectivity index (χ1v) is 7.02. The standard InChI is InChI=1S/C19H16O3.ClH/c1-13-3-10-18-15(11-13)12-19(22-18)17(20)9-6-14-4-7-16(21-2)8-5-14;/h3-12H,1-2H3;1H. The van der Waals surface area contributed by atoms with Crippen molar-refractivity contribution in [3.63, 3.8) is 0 Å². The summed E-state index contributed by atoms with van der Waals surface area (Å²) in [6, 6.07) is 15.1. The quantitative estimate of drug-likeness (QED) is 0.496. The molecule has 3 nitrogen and oxygen atoms in total. The van der Waals surface area contributed by atoms with E-state index in [1.54, 1.807) is 19.3 Å². The summed E-state index contributed by atoms with van der Waals surface area (Å²) in [5, 5.41) is 0.946. The summed E-state index contributed by atoms with van der Waals surface area (Å²) in [5.41, 5.74) is 2.80. The van der Waals surface area contributed by atoms with E-state index in [1.165, 1.54) is 6.08 Å². The molecule has 0 bridgehead atoms. The molecule has 1 aromatic heterocycles. The molecule has 2 aromatic carbocycles. The lowest BCUT2D eigenvalue weighted by atomic mass is 10.1. The first-order valence-electron chi connectivity index (χ1n) is 7.02. The second-order valence-corrected chi connectivity index (χ2v) is 5.12. The number of rotatable bonds is 4. The third kappa shape index (κ3) is 3.82. The summed E-state index contributed by atoms with van der Waals surface area (Å²) in [7, 11) is 1.62. The third-order valence-electron chi connectivity index (χ3n) is 3.46. The van der Waals surface area contributed by atoms with Crippen LogP contribution < -0.4 is 4.74 Å². The average Bonchev–Trinajstić information content (AvgIpc) is 2.96. The van der Waals surface area contributed by atoms with Crippen LogP contribution in [0, 0.1) is 6.92 Å². The number of carbonyl (C=O) groups excluding carboxylic acids is 1. The van der Waals surface area contributed by atoms with Gasteiger partial charge in [0.2, 0.25) is 5.78 Å². The fourth-order valence-electron chi connectivity index (χ4n) is 2.25. The molecule has 1 heterocycles. The molecule has 0 saturated carbocycles. The molecule has 0 atom stereocenters. The molecule has 4 heteroatoms. The number of hydrogen-bond donors (Lipinski definition) is 0. The number of ketones is 1. The highest BCUT2D eigenvalue weighted by Gasteiger charge is 2.09. The zero-order chi connectivity index (χ0) is 15.5. The highest BCUT2D eigenvalue weighted by molar-refractivity contribution is 6.07. The van der Waals surface area contributed by atoms with Crippen LogP contribution in [0.3, 0.4) is 0 Å². The predicted molar refractivity (Wildman–Crippen MR) is 94.6 cm³/mol. The van der Waals surface area contributed by atoms with Gasteiger partial charge in [-0.25, -0.2) is 0 Å². The lowest BCUT2D eigenvalue weighted by Gasteiger charge is -1.98. The van der Waals surface area contributed by atoms with Gasteiger partial charge in [0.15, 0.2) is 5.76 Å². The van der Waals surface area contributed by atoms with Crippen molar-refractivity contribution in [1.82, 2.24) is 0 Å². The van der Waals surface area contributed by atoms with Crippen LogP contribution >= 0.6 is 12.4 Å². The second-order valence-electron chi connectivity index (χ2n) is 5.12. The highest BCUT2D eigenvalue weighted by atomic mass is 35.5. The average molecular weight is 329 g/mol. The minimum absolute atomic E-state index is 0. The van der Waals surface area contributed by atoms with Crippen LogP contribution in [-0.4, -0.2) is 12.9 Å². The molecule has 0 unspecified atom stereocenters. The van der Waals surface area contributed by atoms with E-state index in [4.69, 9.17) is 9.15 Å². The first kappa shape index (κ1) is 16.8. The van der Waals surface area contributed by atoms with Crippen molar-refractivity contribution >= 4 is 35.2 Å². The summed E-state index contributed by atoms with van der Waals surface area (Å²) in [5.74, 6) is 0.992. The summed E-state index contributed by atoms with van der Waals surface area (Å²) in [4.78, 5) is 12.2. The molecule has 0 fully saturated rings. The molecule has 3 rings (SSSR count). The van der Waals surface area contributed by atoms with Gasteiger partial charge in [-0.1, -0.05) is 29.8 Å². The van der Waals surface area contributed by atoms with E-state index in [-0.39, 0.29) is 18.2 Å². The van der Waals surface area contributed by atoms with Crippen LogP contribution in [0.2, 0.25) is 0 Å². The Morgan fingerprint density at radius 2 is 1.83 bits per heavy atom. The Morgan fingerprint density at radius 1 is 1.09 bits per heavy atom. The van der Waals surface area contributed by atoms with Crippen LogP contribution in [0.25, 0.3) is 17.0 Å². The topological polar surface area (TPSA) is 39.4 Å². The Morgan fingerprint density at radius 3 is 2.52 bits per heavy atom. The molecule has 0 spiro atoms. The molecule has 23 heavy (non-hydrogen) atoms. The molecular formula is C19H17ClO3. The second kappa shape index (κ2) is 7.16. The molecule has 0 aliphatic rings. The van der Waals surface area contributed by atoms with Crippen molar-refractivity contribution in [2.24, 2.45) is 0 Å². The predicted octanol–water partition coefficient (Wildman–Crippen LogP) is 5.07. The molecule has 0 radical (unpaired) electrons. The number of furan rings is 1. The smallest absolute Gasteiger partial charge is 0.221 e. The number of allylic oxidation sites excluding steroid dienone is 1. The summed E-state index contributed by atoms with van der Waals surface area (Å²) < 4.78 is 10.7. The van der Waals surface area contributed by atoms with Gasteiger partial charge in [0.05, 0.1) is 7.11 Å². The minimum atomic E-state index is -0.148. The normalized spacial score (nSPS) is 10.7. The van der Waals surface area contributed by atoms with Gasteiger partial charge < -0.3 is 9.15 Å². The zero-order valence-electron chi connectivity index (χ0n) is 12.9. The van der Waals surface area contributed by atoms with Gasteiger partial charge in [-0.05, 0) is 48.9 Å². The van der Waals surface area contributed by atoms with Crippen LogP contribution in [-0.2, 0) is 0 Å². The molecule has 3 aromatic rings. The van der Waals surface area contributed by atoms with Crippen molar-refractivity contribution in [3.05, 3.63) is 71.5 Å². The van der Waals surface area contributed by atoms with Crippen molar-refractivity contribution in [2.45, 2.75) is 6.92 Å². The highest BCUT2D eigenvalue weighted by Crippen LogP contribution is 2.21. The van der Waals surface area contributed by atoms with Crippen molar-refractivity contribution < 1.29 is 13.9 Å². The largest absolute Gasteiger partial charge is 0.497 e. The Hall–Kier alpha value is -2.52. The summed E-state index contributed by atoms with van der Waals surface area (Å²) in [6.45, 7) is 2.01. The van der Waals surface area contributed by atoms with Gasteiger partial charge in [-0.2, -0.15) is 0 Å². The minimum Gasteiger partial charge on any atom is -0.497 e. The van der Waals surface area contributed by atoms with Crippen LogP contribution in [0.15, 0.2) is 59.0 Å². The van der Waals surface area contributed by atoms with E-state index in [9.17, 15) is 4.79 Å². The molecule has 0 aliphatic carbocycles. The number of ether oxygens (including phenoxy) is 1. The Labute approximate surface area is 141 Å². The monoisotopic (exact) mass is 328 g/mol. The Balaban J connectivity index is 0.00000192. The molecule has 0 N–H and O–H groups in total. The van der Waals surface area contributed by atoms with E-state index in [2.05, 4.69) is 0 Å². The first-order chi connectivity index (χ1) is 10.7. The van der Waals surface area contributed by atoms with Gasteiger partial charge in [0.1, 0.15) is 11.3 Å². The van der Waals surface area contributed by atoms with Crippen molar-refractivity contribution in [1.29, 1.82) is 0 Å². The fraction of sp³-hybridized carbons (Fsp3) is 0.105. The molecule has 118 valence electrons. The van der Waals surface area contributed by atoms with Crippen molar-refractivity contribution in [2.75, 3.05) is 7.11 Å². The van der Waals surface area contributed by atoms with E-state index in [0.717, 1.165) is 27.8 Å². The molecule has 0 aliphatic heterocycles. The van der Waals surface area contributed by atoms with Crippen molar-refractivity contribution in [3.8, 4) is 5.75 Å². The lowest BCUT2D eigenvalue weighted by Crippen LogP contribution is -1.90. The number of hydrogen-bond acceptors (Lipinski definition) is 3. The number of halogens is 1. The maximum atomic E-state index is 12.2. The SMILES string of the molecule is COc1ccc(C=CC(=O)c2cc3cc(C)ccc3o2)cc1.Cl. The van der Waals surface area contributed by atoms with E-state index in [0.29, 0.717) is 5.76 Å². The van der Waals surface area contributed by atoms with Crippen LogP contribution in [0.4, 0.5) is 0 Å². The Bertz CT molecular complexity index is 845. The van der Waals surface area contributed by atoms with Gasteiger partial charge in [0.25, 0.3) is 0 Å². The maximum absolute atomic E-state index is 12.2. The molecule has 0 amide bonds.